The van der Waals surface area contributed by atoms with E-state index in [1.165, 1.54) is 12.6 Å². The molecule has 0 saturated carbocycles. The highest BCUT2D eigenvalue weighted by atomic mass is 35.5. The van der Waals surface area contributed by atoms with Crippen molar-refractivity contribution in [3.8, 4) is 0 Å². The van der Waals surface area contributed by atoms with Gasteiger partial charge >= 0.3 is 0 Å². The predicted molar refractivity (Wildman–Crippen MR) is 102 cm³/mol. The van der Waals surface area contributed by atoms with E-state index in [9.17, 15) is 8.42 Å². The lowest BCUT2D eigenvalue weighted by molar-refractivity contribution is 0.256. The summed E-state index contributed by atoms with van der Waals surface area (Å²) in [6.45, 7) is -0.890. The summed E-state index contributed by atoms with van der Waals surface area (Å²) >= 11 is 0. The van der Waals surface area contributed by atoms with Gasteiger partial charge in [-0.05, 0) is 75.6 Å². The zero-order chi connectivity index (χ0) is 18.9. The molecule has 0 bridgehead atoms. The standard InChI is InChI=1S/C17H25N3O2S.ClH/c1-18-23(21,22)10-7-13-3-4-17-15(11-13)16(12-19-17)14-5-8-20(2)9-6-14;/h3-4,11-12,14,18-19H,5-10H2,1-2H3;1H/i2D3;. The zero-order valence-corrected chi connectivity index (χ0v) is 15.3. The first kappa shape index (κ1) is 15.2. The van der Waals surface area contributed by atoms with Gasteiger partial charge in [-0.15, -0.1) is 12.4 Å². The molecular formula is C17H26ClN3O2S. The molecule has 1 fully saturated rings. The smallest absolute Gasteiger partial charge is 0.211 e. The summed E-state index contributed by atoms with van der Waals surface area (Å²) in [5.74, 6) is 0.379. The van der Waals surface area contributed by atoms with E-state index in [4.69, 9.17) is 4.11 Å². The number of aromatic nitrogens is 1. The van der Waals surface area contributed by atoms with Crippen LogP contribution in [0.25, 0.3) is 10.9 Å². The molecular weight excluding hydrogens is 346 g/mol. The van der Waals surface area contributed by atoms with E-state index in [-0.39, 0.29) is 18.2 Å². The largest absolute Gasteiger partial charge is 0.361 e. The highest BCUT2D eigenvalue weighted by molar-refractivity contribution is 7.89. The molecule has 2 aromatic rings. The van der Waals surface area contributed by atoms with Crippen LogP contribution >= 0.6 is 12.4 Å². The van der Waals surface area contributed by atoms with Crippen LogP contribution < -0.4 is 4.72 Å². The van der Waals surface area contributed by atoms with Crippen LogP contribution in [0, 0.1) is 0 Å². The number of H-pyrrole nitrogens is 1. The summed E-state index contributed by atoms with van der Waals surface area (Å²) in [5, 5.41) is 1.11. The van der Waals surface area contributed by atoms with Gasteiger partial charge in [-0.3, -0.25) is 0 Å². The van der Waals surface area contributed by atoms with Crippen LogP contribution in [0.2, 0.25) is 0 Å². The molecule has 7 heteroatoms. The number of aromatic amines is 1. The molecule has 24 heavy (non-hydrogen) atoms. The van der Waals surface area contributed by atoms with E-state index in [1.807, 2.05) is 18.3 Å². The summed E-state index contributed by atoms with van der Waals surface area (Å²) in [6.07, 6.45) is 4.09. The molecule has 0 unspecified atom stereocenters. The quantitative estimate of drug-likeness (QED) is 0.845. The summed E-state index contributed by atoms with van der Waals surface area (Å²) < 4.78 is 48.2. The number of piperidine rings is 1. The van der Waals surface area contributed by atoms with Gasteiger partial charge in [0.2, 0.25) is 10.0 Å². The van der Waals surface area contributed by atoms with Crippen LogP contribution in [-0.4, -0.2) is 51.2 Å². The minimum Gasteiger partial charge on any atom is -0.361 e. The van der Waals surface area contributed by atoms with E-state index in [1.54, 1.807) is 4.90 Å². The number of hydrogen-bond donors (Lipinski definition) is 2. The molecule has 1 aliphatic rings. The van der Waals surface area contributed by atoms with Crippen molar-refractivity contribution in [2.75, 3.05) is 32.9 Å². The van der Waals surface area contributed by atoms with E-state index in [2.05, 4.69) is 15.8 Å². The third kappa shape index (κ3) is 4.30. The lowest BCUT2D eigenvalue weighted by atomic mass is 9.89. The molecule has 0 atom stereocenters. The molecule has 0 amide bonds. The van der Waals surface area contributed by atoms with Crippen molar-refractivity contribution in [1.82, 2.24) is 14.6 Å². The van der Waals surface area contributed by atoms with Gasteiger partial charge in [0.25, 0.3) is 0 Å². The average molecular weight is 375 g/mol. The highest BCUT2D eigenvalue weighted by Crippen LogP contribution is 2.33. The fraction of sp³-hybridized carbons (Fsp3) is 0.529. The Bertz CT molecular complexity index is 875. The molecule has 1 saturated heterocycles. The minimum atomic E-state index is -3.22. The summed E-state index contributed by atoms with van der Waals surface area (Å²) in [6, 6.07) is 5.99. The average Bonchev–Trinajstić information content (AvgIpc) is 3.02. The molecule has 2 N–H and O–H groups in total. The van der Waals surface area contributed by atoms with Gasteiger partial charge < -0.3 is 9.88 Å². The molecule has 0 aliphatic carbocycles. The van der Waals surface area contributed by atoms with Crippen LogP contribution in [0.1, 0.15) is 34.0 Å². The number of rotatable bonds is 5. The van der Waals surface area contributed by atoms with Crippen LogP contribution in [-0.2, 0) is 16.4 Å². The Morgan fingerprint density at radius 1 is 1.38 bits per heavy atom. The van der Waals surface area contributed by atoms with Crippen LogP contribution in [0.4, 0.5) is 0 Å². The van der Waals surface area contributed by atoms with Gasteiger partial charge in [-0.2, -0.15) is 0 Å². The third-order valence-corrected chi connectivity index (χ3v) is 6.05. The number of fused-ring (bicyclic) bond motifs is 1. The van der Waals surface area contributed by atoms with Gasteiger partial charge in [0.1, 0.15) is 0 Å². The maximum Gasteiger partial charge on any atom is 0.211 e. The molecule has 3 rings (SSSR count). The van der Waals surface area contributed by atoms with Crippen molar-refractivity contribution in [1.29, 1.82) is 0 Å². The first-order chi connectivity index (χ1) is 12.2. The molecule has 2 heterocycles. The topological polar surface area (TPSA) is 65.2 Å². The van der Waals surface area contributed by atoms with Crippen molar-refractivity contribution < 1.29 is 12.5 Å². The Hall–Kier alpha value is -1.08. The van der Waals surface area contributed by atoms with Crippen LogP contribution in [0.15, 0.2) is 24.4 Å². The number of nitrogens with one attached hydrogen (secondary N) is 2. The van der Waals surface area contributed by atoms with Crippen LogP contribution in [0.5, 0.6) is 0 Å². The third-order valence-electron chi connectivity index (χ3n) is 4.68. The Labute approximate surface area is 154 Å². The first-order valence-electron chi connectivity index (χ1n) is 9.46. The highest BCUT2D eigenvalue weighted by Gasteiger charge is 2.21. The lowest BCUT2D eigenvalue weighted by Gasteiger charge is -2.28. The Morgan fingerprint density at radius 3 is 2.79 bits per heavy atom. The number of aryl methyl sites for hydroxylation is 1. The number of likely N-dealkylation sites (tertiary alicyclic amines) is 1. The van der Waals surface area contributed by atoms with E-state index < -0.39 is 17.0 Å². The van der Waals surface area contributed by atoms with Crippen molar-refractivity contribution in [2.45, 2.75) is 25.2 Å². The van der Waals surface area contributed by atoms with Gasteiger partial charge in [0, 0.05) is 21.2 Å². The van der Waals surface area contributed by atoms with Gasteiger partial charge in [0.15, 0.2) is 0 Å². The van der Waals surface area contributed by atoms with Crippen LogP contribution in [0.3, 0.4) is 0 Å². The van der Waals surface area contributed by atoms with Gasteiger partial charge in [-0.1, -0.05) is 6.07 Å². The maximum atomic E-state index is 11.6. The summed E-state index contributed by atoms with van der Waals surface area (Å²) in [4.78, 5) is 4.84. The summed E-state index contributed by atoms with van der Waals surface area (Å²) in [5.41, 5.74) is 3.21. The number of hydrogen-bond acceptors (Lipinski definition) is 3. The molecule has 1 aromatic heterocycles. The number of nitrogens with zero attached hydrogens (tertiary/aromatic N) is 1. The minimum absolute atomic E-state index is 0. The van der Waals surface area contributed by atoms with Crippen molar-refractivity contribution >= 4 is 33.3 Å². The SMILES string of the molecule is Cl.[2H]C([2H])([2H])N1CCC(c2c[nH]c3ccc(CCS(=O)(=O)NC)cc23)CC1. The molecule has 1 aliphatic heterocycles. The fourth-order valence-corrected chi connectivity index (χ4v) is 3.94. The van der Waals surface area contributed by atoms with E-state index in [0.717, 1.165) is 29.3 Å². The zero-order valence-electron chi connectivity index (χ0n) is 16.7. The predicted octanol–water partition coefficient (Wildman–Crippen LogP) is 2.49. The number of sulfonamides is 1. The number of benzene rings is 1. The second kappa shape index (κ2) is 7.87. The molecule has 0 spiro atoms. The summed E-state index contributed by atoms with van der Waals surface area (Å²) in [7, 11) is -1.80. The van der Waals surface area contributed by atoms with E-state index >= 15 is 0 Å². The van der Waals surface area contributed by atoms with Crippen molar-refractivity contribution in [2.24, 2.45) is 0 Å². The van der Waals surface area contributed by atoms with Gasteiger partial charge in [0.05, 0.1) is 5.75 Å². The molecule has 5 nitrogen and oxygen atoms in total. The van der Waals surface area contributed by atoms with Crippen molar-refractivity contribution in [3.05, 3.63) is 35.5 Å². The normalized spacial score (nSPS) is 19.5. The van der Waals surface area contributed by atoms with E-state index in [0.29, 0.717) is 25.4 Å². The van der Waals surface area contributed by atoms with Gasteiger partial charge in [-0.25, -0.2) is 13.1 Å². The number of halogens is 1. The Balaban J connectivity index is 0.00000261. The monoisotopic (exact) mass is 374 g/mol. The molecule has 134 valence electrons. The second-order valence-corrected chi connectivity index (χ2v) is 8.20. The second-order valence-electron chi connectivity index (χ2n) is 6.16. The van der Waals surface area contributed by atoms with Crippen molar-refractivity contribution in [3.63, 3.8) is 0 Å². The molecule has 0 radical (unpaired) electrons. The lowest BCUT2D eigenvalue weighted by Crippen LogP contribution is -2.29. The first-order valence-corrected chi connectivity index (χ1v) is 9.61. The maximum absolute atomic E-state index is 11.6. The fourth-order valence-electron chi connectivity index (χ4n) is 3.23. The molecule has 1 aromatic carbocycles. The Morgan fingerprint density at radius 2 is 2.12 bits per heavy atom. The Kier molecular flexibility index (Phi) is 4.98.